The summed E-state index contributed by atoms with van der Waals surface area (Å²) in [6, 6.07) is 16.6. The number of nitrogens with one attached hydrogen (secondary N) is 2. The predicted molar refractivity (Wildman–Crippen MR) is 208 cm³/mol. The number of carbonyl (C=O) groups excluding carboxylic acids is 6. The highest BCUT2D eigenvalue weighted by Gasteiger charge is 2.41. The molecule has 6 aliphatic rings. The Labute approximate surface area is 335 Å². The van der Waals surface area contributed by atoms with Crippen LogP contribution in [-0.4, -0.2) is 110 Å². The van der Waals surface area contributed by atoms with E-state index in [1.54, 1.807) is 35.2 Å². The molecule has 0 bridgehead atoms. The lowest BCUT2D eigenvalue weighted by molar-refractivity contribution is -0.138. The molecule has 4 fully saturated rings. The number of benzene rings is 3. The molecule has 2 unspecified atom stereocenters. The second-order valence-electron chi connectivity index (χ2n) is 15.8. The lowest BCUT2D eigenvalue weighted by Gasteiger charge is -2.40. The average Bonchev–Trinajstić information content (AvgIpc) is 3.65. The van der Waals surface area contributed by atoms with Gasteiger partial charge in [-0.3, -0.25) is 43.6 Å². The molecule has 3 N–H and O–H groups in total. The van der Waals surface area contributed by atoms with Crippen LogP contribution in [-0.2, 0) is 46.6 Å². The molecule has 0 aliphatic carbocycles. The van der Waals surface area contributed by atoms with Crippen LogP contribution in [0.2, 0.25) is 0 Å². The number of imide groups is 2. The van der Waals surface area contributed by atoms with Gasteiger partial charge in [0.1, 0.15) is 12.1 Å². The third kappa shape index (κ3) is 7.68. The largest absolute Gasteiger partial charge is 0.396 e. The first-order chi connectivity index (χ1) is 27.8. The summed E-state index contributed by atoms with van der Waals surface area (Å²) in [5.41, 5.74) is 5.90. The first-order valence-corrected chi connectivity index (χ1v) is 20.8. The molecule has 3 aromatic carbocycles. The maximum Gasteiger partial charge on any atom is 0.296 e. The zero-order valence-electron chi connectivity index (χ0n) is 31.9. The number of rotatable bonds is 9. The van der Waals surface area contributed by atoms with E-state index in [4.69, 9.17) is 9.29 Å². The summed E-state index contributed by atoms with van der Waals surface area (Å²) in [5, 5.41) is 13.7. The number of amides is 6. The van der Waals surface area contributed by atoms with E-state index in [0.29, 0.717) is 56.1 Å². The molecule has 58 heavy (non-hydrogen) atoms. The second kappa shape index (κ2) is 15.6. The average molecular weight is 813 g/mol. The third-order valence-corrected chi connectivity index (χ3v) is 13.0. The minimum atomic E-state index is -3.78. The molecular formula is C41H44N6O10S. The molecule has 16 nitrogen and oxygen atoms in total. The van der Waals surface area contributed by atoms with Gasteiger partial charge in [-0.25, -0.2) is 0 Å². The number of aliphatic hydroxyl groups is 1. The minimum Gasteiger partial charge on any atom is -0.396 e. The summed E-state index contributed by atoms with van der Waals surface area (Å²) in [7, 11) is -3.78. The number of anilines is 2. The minimum absolute atomic E-state index is 0.0788. The van der Waals surface area contributed by atoms with Crippen molar-refractivity contribution < 1.29 is 46.5 Å². The molecule has 17 heteroatoms. The van der Waals surface area contributed by atoms with Gasteiger partial charge in [-0.1, -0.05) is 17.7 Å². The summed E-state index contributed by atoms with van der Waals surface area (Å²) in [6.07, 6.45) is 1.19. The van der Waals surface area contributed by atoms with Crippen molar-refractivity contribution in [2.45, 2.75) is 62.7 Å². The van der Waals surface area contributed by atoms with Crippen LogP contribution < -0.4 is 20.4 Å². The summed E-state index contributed by atoms with van der Waals surface area (Å²) in [5.74, 6) is -1.36. The van der Waals surface area contributed by atoms with Gasteiger partial charge in [0.05, 0.1) is 11.5 Å². The second-order valence-corrected chi connectivity index (χ2v) is 17.4. The fraction of sp³-hybridized carbons (Fsp3) is 0.415. The number of aliphatic hydroxyl groups excluding tert-OH is 1. The summed E-state index contributed by atoms with van der Waals surface area (Å²) in [4.78, 5) is 79.9. The Morgan fingerprint density at radius 3 is 1.59 bits per heavy atom. The zero-order valence-corrected chi connectivity index (χ0v) is 32.7. The lowest BCUT2D eigenvalue weighted by Crippen LogP contribution is -2.52. The van der Waals surface area contributed by atoms with Gasteiger partial charge in [0.2, 0.25) is 23.6 Å². The van der Waals surface area contributed by atoms with E-state index in [2.05, 4.69) is 20.4 Å². The van der Waals surface area contributed by atoms with Crippen LogP contribution in [0, 0.1) is 18.8 Å². The molecular weight excluding hydrogens is 769 g/mol. The van der Waals surface area contributed by atoms with Gasteiger partial charge in [-0.15, -0.1) is 0 Å². The van der Waals surface area contributed by atoms with Gasteiger partial charge in [-0.05, 0) is 79.4 Å². The lowest BCUT2D eigenvalue weighted by atomic mass is 9.99. The molecule has 9 rings (SSSR count). The molecule has 6 heterocycles. The van der Waals surface area contributed by atoms with E-state index in [-0.39, 0.29) is 66.4 Å². The molecule has 304 valence electrons. The Kier molecular flexibility index (Phi) is 10.5. The number of hydrogen-bond donors (Lipinski definition) is 3. The normalized spacial score (nSPS) is 22.2. The zero-order chi connectivity index (χ0) is 40.9. The molecule has 4 saturated heterocycles. The van der Waals surface area contributed by atoms with Crippen molar-refractivity contribution in [2.75, 3.05) is 49.2 Å². The van der Waals surface area contributed by atoms with Crippen LogP contribution in [0.15, 0.2) is 65.6 Å². The number of aryl methyl sites for hydroxylation is 1. The summed E-state index contributed by atoms with van der Waals surface area (Å²) < 4.78 is 30.0. The molecule has 0 spiro atoms. The quantitative estimate of drug-likeness (QED) is 0.208. The van der Waals surface area contributed by atoms with E-state index < -0.39 is 28.1 Å². The van der Waals surface area contributed by atoms with Gasteiger partial charge in [0, 0.05) is 93.1 Å². The highest BCUT2D eigenvalue weighted by molar-refractivity contribution is 7.86. The molecule has 3 aromatic rings. The number of nitrogens with zero attached hydrogens (tertiary/aromatic N) is 4. The van der Waals surface area contributed by atoms with Crippen LogP contribution in [0.5, 0.6) is 0 Å². The highest BCUT2D eigenvalue weighted by Crippen LogP contribution is 2.35. The van der Waals surface area contributed by atoms with Crippen molar-refractivity contribution >= 4 is 56.9 Å². The van der Waals surface area contributed by atoms with E-state index >= 15 is 0 Å². The topological polar surface area (TPSA) is 203 Å². The molecule has 0 radical (unpaired) electrons. The first-order valence-electron chi connectivity index (χ1n) is 19.4. The first kappa shape index (κ1) is 39.2. The molecule has 6 aliphatic heterocycles. The number of hydrogen-bond acceptors (Lipinski definition) is 12. The maximum absolute atomic E-state index is 12.8. The van der Waals surface area contributed by atoms with Gasteiger partial charge in [0.25, 0.3) is 21.9 Å². The monoisotopic (exact) mass is 812 g/mol. The van der Waals surface area contributed by atoms with Gasteiger partial charge < -0.3 is 24.7 Å². The highest BCUT2D eigenvalue weighted by atomic mass is 32.2. The van der Waals surface area contributed by atoms with Crippen LogP contribution in [0.1, 0.15) is 63.1 Å². The van der Waals surface area contributed by atoms with Gasteiger partial charge >= 0.3 is 0 Å². The molecule has 2 atom stereocenters. The summed E-state index contributed by atoms with van der Waals surface area (Å²) in [6.45, 7) is 5.85. The smallest absolute Gasteiger partial charge is 0.296 e. The fourth-order valence-electron chi connectivity index (χ4n) is 8.26. The third-order valence-electron chi connectivity index (χ3n) is 11.7. The van der Waals surface area contributed by atoms with Crippen molar-refractivity contribution in [2.24, 2.45) is 11.8 Å². The standard InChI is InChI=1S/C24H25N3O6S.C17H19N3O4/c1-15-2-5-19(6-3-15)34(31,32)33-14-16-11-26(12-16)18-4-7-20-17(10-18)13-27(24(20)30)21-8-9-22(28)25-23(21)29;21-9-10-6-19(7-10)12-1-2-13-11(5-12)8-20(17(13)24)14-3-4-15(22)18-16(14)23/h2-7,10,16,21H,8-9,11-14H2,1H3,(H,25,28,29);1-2,5,10,14,21H,3-4,6-9H2,(H,18,22,23). The van der Waals surface area contributed by atoms with Crippen LogP contribution in [0.3, 0.4) is 0 Å². The maximum atomic E-state index is 12.8. The summed E-state index contributed by atoms with van der Waals surface area (Å²) >= 11 is 0. The van der Waals surface area contributed by atoms with E-state index in [9.17, 15) is 37.2 Å². The van der Waals surface area contributed by atoms with E-state index in [1.165, 1.54) is 4.90 Å². The van der Waals surface area contributed by atoms with Crippen LogP contribution in [0.25, 0.3) is 0 Å². The molecule has 0 saturated carbocycles. The molecule has 6 amide bonds. The van der Waals surface area contributed by atoms with Gasteiger partial charge in [0.15, 0.2) is 0 Å². The van der Waals surface area contributed by atoms with Crippen LogP contribution >= 0.6 is 0 Å². The Balaban J connectivity index is 0.000000172. The van der Waals surface area contributed by atoms with Crippen LogP contribution in [0.4, 0.5) is 11.4 Å². The van der Waals surface area contributed by atoms with Crippen molar-refractivity contribution in [3.05, 3.63) is 88.5 Å². The van der Waals surface area contributed by atoms with Crippen molar-refractivity contribution in [3.63, 3.8) is 0 Å². The SMILES string of the molecule is Cc1ccc(S(=O)(=O)OCC2CN(c3ccc4c(c3)CN(C3CCC(=O)NC3=O)C4=O)C2)cc1.O=C1CCC(N2Cc3cc(N4CC(CO)C4)ccc3C2=O)C(=O)N1. The Hall–Kier alpha value is -5.65. The van der Waals surface area contributed by atoms with Crippen molar-refractivity contribution in [3.8, 4) is 0 Å². The van der Waals surface area contributed by atoms with Crippen molar-refractivity contribution in [1.29, 1.82) is 0 Å². The van der Waals surface area contributed by atoms with Crippen molar-refractivity contribution in [1.82, 2.24) is 20.4 Å². The Morgan fingerprint density at radius 1 is 0.672 bits per heavy atom. The number of fused-ring (bicyclic) bond motifs is 2. The van der Waals surface area contributed by atoms with E-state index in [0.717, 1.165) is 41.2 Å². The van der Waals surface area contributed by atoms with E-state index in [1.807, 2.05) is 37.3 Å². The number of piperidine rings is 2. The van der Waals surface area contributed by atoms with Gasteiger partial charge in [-0.2, -0.15) is 8.42 Å². The molecule has 0 aromatic heterocycles. The predicted octanol–water partition coefficient (Wildman–Crippen LogP) is 1.47. The number of carbonyl (C=O) groups is 6. The Morgan fingerprint density at radius 2 is 1.14 bits per heavy atom. The fourth-order valence-corrected chi connectivity index (χ4v) is 9.23. The Bertz CT molecular complexity index is 2310.